The van der Waals surface area contributed by atoms with Gasteiger partial charge in [0.1, 0.15) is 0 Å². The molecule has 1 saturated heterocycles. The summed E-state index contributed by atoms with van der Waals surface area (Å²) < 4.78 is 13.7. The van der Waals surface area contributed by atoms with Crippen LogP contribution in [0.1, 0.15) is 30.1 Å². The van der Waals surface area contributed by atoms with Gasteiger partial charge in [0, 0.05) is 13.1 Å². The number of amides is 1. The van der Waals surface area contributed by atoms with Crippen molar-refractivity contribution in [2.45, 2.75) is 19.8 Å². The van der Waals surface area contributed by atoms with E-state index in [1.54, 1.807) is 6.07 Å². The van der Waals surface area contributed by atoms with Crippen molar-refractivity contribution in [1.82, 2.24) is 10.6 Å². The standard InChI is InChI=1S/C14H18ClFN2O/c1-14(6-3-7-17-8-14)9-18-13(19)10-4-2-5-11(15)12(10)16/h2,4-5,17H,3,6-9H2,1H3,(H,18,19). The largest absolute Gasteiger partial charge is 0.351 e. The lowest BCUT2D eigenvalue weighted by Gasteiger charge is -2.34. The van der Waals surface area contributed by atoms with Gasteiger partial charge in [0.15, 0.2) is 5.82 Å². The van der Waals surface area contributed by atoms with Gasteiger partial charge in [-0.1, -0.05) is 24.6 Å². The summed E-state index contributed by atoms with van der Waals surface area (Å²) in [5, 5.41) is 6.08. The molecule has 1 amide bonds. The number of halogens is 2. The molecule has 1 heterocycles. The van der Waals surface area contributed by atoms with Crippen LogP contribution in [0, 0.1) is 11.2 Å². The van der Waals surface area contributed by atoms with Crippen molar-refractivity contribution in [3.8, 4) is 0 Å². The lowest BCUT2D eigenvalue weighted by atomic mass is 9.83. The SMILES string of the molecule is CC1(CNC(=O)c2cccc(Cl)c2F)CCCNC1. The van der Waals surface area contributed by atoms with Gasteiger partial charge in [-0.05, 0) is 36.9 Å². The highest BCUT2D eigenvalue weighted by atomic mass is 35.5. The Kier molecular flexibility index (Phi) is 4.42. The van der Waals surface area contributed by atoms with Crippen LogP contribution < -0.4 is 10.6 Å². The molecule has 0 spiro atoms. The molecule has 5 heteroatoms. The number of carbonyl (C=O) groups excluding carboxylic acids is 1. The van der Waals surface area contributed by atoms with Gasteiger partial charge in [-0.3, -0.25) is 4.79 Å². The summed E-state index contributed by atoms with van der Waals surface area (Å²) in [6.45, 7) is 4.54. The van der Waals surface area contributed by atoms with Crippen molar-refractivity contribution >= 4 is 17.5 Å². The molecule has 0 radical (unpaired) electrons. The molecule has 19 heavy (non-hydrogen) atoms. The average molecular weight is 285 g/mol. The molecule has 0 aromatic heterocycles. The molecular formula is C14H18ClFN2O. The molecule has 2 rings (SSSR count). The topological polar surface area (TPSA) is 41.1 Å². The Labute approximate surface area is 117 Å². The zero-order chi connectivity index (χ0) is 13.9. The number of hydrogen-bond acceptors (Lipinski definition) is 2. The second-order valence-corrected chi connectivity index (χ2v) is 5.78. The maximum absolute atomic E-state index is 13.7. The van der Waals surface area contributed by atoms with E-state index < -0.39 is 11.7 Å². The highest BCUT2D eigenvalue weighted by molar-refractivity contribution is 6.31. The first-order chi connectivity index (χ1) is 9.02. The van der Waals surface area contributed by atoms with Crippen LogP contribution in [0.15, 0.2) is 18.2 Å². The van der Waals surface area contributed by atoms with E-state index >= 15 is 0 Å². The third-order valence-corrected chi connectivity index (χ3v) is 3.85. The summed E-state index contributed by atoms with van der Waals surface area (Å²) in [6, 6.07) is 4.45. The molecule has 0 bridgehead atoms. The van der Waals surface area contributed by atoms with Gasteiger partial charge in [-0.2, -0.15) is 0 Å². The third-order valence-electron chi connectivity index (χ3n) is 3.56. The molecule has 1 aromatic rings. The van der Waals surface area contributed by atoms with Crippen LogP contribution in [-0.4, -0.2) is 25.5 Å². The lowest BCUT2D eigenvalue weighted by Crippen LogP contribution is -2.45. The van der Waals surface area contributed by atoms with Gasteiger partial charge in [-0.25, -0.2) is 4.39 Å². The molecule has 1 aliphatic heterocycles. The molecule has 1 fully saturated rings. The zero-order valence-corrected chi connectivity index (χ0v) is 11.7. The smallest absolute Gasteiger partial charge is 0.254 e. The summed E-state index contributed by atoms with van der Waals surface area (Å²) in [5.41, 5.74) is 0.0306. The summed E-state index contributed by atoms with van der Waals surface area (Å²) >= 11 is 5.67. The normalized spacial score (nSPS) is 23.1. The van der Waals surface area contributed by atoms with Crippen LogP contribution in [0.3, 0.4) is 0 Å². The van der Waals surface area contributed by atoms with Gasteiger partial charge in [0.05, 0.1) is 10.6 Å². The van der Waals surface area contributed by atoms with E-state index in [1.165, 1.54) is 12.1 Å². The van der Waals surface area contributed by atoms with Crippen LogP contribution in [0.5, 0.6) is 0 Å². The van der Waals surface area contributed by atoms with Gasteiger partial charge < -0.3 is 10.6 Å². The van der Waals surface area contributed by atoms with Crippen LogP contribution in [-0.2, 0) is 0 Å². The number of hydrogen-bond donors (Lipinski definition) is 2. The van der Waals surface area contributed by atoms with Crippen molar-refractivity contribution < 1.29 is 9.18 Å². The molecule has 0 aliphatic carbocycles. The molecule has 3 nitrogen and oxygen atoms in total. The molecule has 104 valence electrons. The Balaban J connectivity index is 1.99. The van der Waals surface area contributed by atoms with Crippen LogP contribution in [0.2, 0.25) is 5.02 Å². The van der Waals surface area contributed by atoms with E-state index in [2.05, 4.69) is 17.6 Å². The summed E-state index contributed by atoms with van der Waals surface area (Å²) in [7, 11) is 0. The fraction of sp³-hybridized carbons (Fsp3) is 0.500. The number of nitrogens with one attached hydrogen (secondary N) is 2. The van der Waals surface area contributed by atoms with E-state index in [4.69, 9.17) is 11.6 Å². The molecule has 0 saturated carbocycles. The minimum atomic E-state index is -0.659. The van der Waals surface area contributed by atoms with Crippen LogP contribution >= 0.6 is 11.6 Å². The number of carbonyl (C=O) groups is 1. The first-order valence-electron chi connectivity index (χ1n) is 6.45. The van der Waals surface area contributed by atoms with Crippen molar-refractivity contribution in [2.75, 3.05) is 19.6 Å². The molecule has 2 N–H and O–H groups in total. The Hall–Kier alpha value is -1.13. The lowest BCUT2D eigenvalue weighted by molar-refractivity contribution is 0.0920. The Bertz CT molecular complexity index is 473. The van der Waals surface area contributed by atoms with Gasteiger partial charge in [0.25, 0.3) is 5.91 Å². The maximum atomic E-state index is 13.7. The van der Waals surface area contributed by atoms with Crippen molar-refractivity contribution in [2.24, 2.45) is 5.41 Å². The first kappa shape index (κ1) is 14.3. The highest BCUT2D eigenvalue weighted by Gasteiger charge is 2.27. The molecule has 1 unspecified atom stereocenters. The average Bonchev–Trinajstić information content (AvgIpc) is 2.40. The minimum absolute atomic E-state index is 0.000122. The number of benzene rings is 1. The monoisotopic (exact) mass is 284 g/mol. The first-order valence-corrected chi connectivity index (χ1v) is 6.83. The molecule has 1 aliphatic rings. The maximum Gasteiger partial charge on any atom is 0.254 e. The van der Waals surface area contributed by atoms with Crippen LogP contribution in [0.4, 0.5) is 4.39 Å². The van der Waals surface area contributed by atoms with Crippen molar-refractivity contribution in [3.63, 3.8) is 0 Å². The van der Waals surface area contributed by atoms with E-state index in [0.29, 0.717) is 6.54 Å². The highest BCUT2D eigenvalue weighted by Crippen LogP contribution is 2.24. The second-order valence-electron chi connectivity index (χ2n) is 5.38. The summed E-state index contributed by atoms with van der Waals surface area (Å²) in [5.74, 6) is -1.07. The Morgan fingerprint density at radius 1 is 1.58 bits per heavy atom. The second kappa shape index (κ2) is 5.88. The fourth-order valence-electron chi connectivity index (χ4n) is 2.34. The summed E-state index contributed by atoms with van der Waals surface area (Å²) in [4.78, 5) is 12.0. The van der Waals surface area contributed by atoms with Gasteiger partial charge >= 0.3 is 0 Å². The Morgan fingerprint density at radius 3 is 3.05 bits per heavy atom. The van der Waals surface area contributed by atoms with Crippen molar-refractivity contribution in [1.29, 1.82) is 0 Å². The molecule has 1 aromatic carbocycles. The predicted octanol–water partition coefficient (Wildman–Crippen LogP) is 2.60. The van der Waals surface area contributed by atoms with Crippen molar-refractivity contribution in [3.05, 3.63) is 34.6 Å². The fourth-order valence-corrected chi connectivity index (χ4v) is 2.51. The predicted molar refractivity (Wildman–Crippen MR) is 74.0 cm³/mol. The third kappa shape index (κ3) is 3.45. The number of piperidine rings is 1. The van der Waals surface area contributed by atoms with E-state index in [0.717, 1.165) is 25.9 Å². The van der Waals surface area contributed by atoms with E-state index in [-0.39, 0.29) is 16.0 Å². The quantitative estimate of drug-likeness (QED) is 0.896. The Morgan fingerprint density at radius 2 is 2.37 bits per heavy atom. The van der Waals surface area contributed by atoms with Crippen LogP contribution in [0.25, 0.3) is 0 Å². The molecule has 1 atom stereocenters. The number of rotatable bonds is 3. The summed E-state index contributed by atoms with van der Waals surface area (Å²) in [6.07, 6.45) is 2.15. The van der Waals surface area contributed by atoms with E-state index in [9.17, 15) is 9.18 Å². The van der Waals surface area contributed by atoms with Gasteiger partial charge in [0.2, 0.25) is 0 Å². The van der Waals surface area contributed by atoms with Gasteiger partial charge in [-0.15, -0.1) is 0 Å². The zero-order valence-electron chi connectivity index (χ0n) is 10.9. The molecular weight excluding hydrogens is 267 g/mol. The minimum Gasteiger partial charge on any atom is -0.351 e. The van der Waals surface area contributed by atoms with E-state index in [1.807, 2.05) is 0 Å².